The van der Waals surface area contributed by atoms with Gasteiger partial charge in [-0.15, -0.1) is 0 Å². The number of nitrogens with two attached hydrogens (primary N) is 1. The molecule has 2 unspecified atom stereocenters. The van der Waals surface area contributed by atoms with Crippen LogP contribution in [0, 0.1) is 5.92 Å². The summed E-state index contributed by atoms with van der Waals surface area (Å²) < 4.78 is 5.22. The maximum Gasteiger partial charge on any atom is 0.318 e. The quantitative estimate of drug-likeness (QED) is 0.598. The van der Waals surface area contributed by atoms with Crippen molar-refractivity contribution in [3.63, 3.8) is 0 Å². The van der Waals surface area contributed by atoms with Crippen molar-refractivity contribution in [3.8, 4) is 5.75 Å². The number of hydrogen-bond acceptors (Lipinski definition) is 4. The molecule has 7 heteroatoms. The van der Waals surface area contributed by atoms with Gasteiger partial charge in [0.15, 0.2) is 0 Å². The summed E-state index contributed by atoms with van der Waals surface area (Å²) in [4.78, 5) is 36.9. The number of benzene rings is 3. The van der Waals surface area contributed by atoms with Crippen LogP contribution in [0.15, 0.2) is 60.7 Å². The van der Waals surface area contributed by atoms with Gasteiger partial charge in [0.05, 0.1) is 7.11 Å². The van der Waals surface area contributed by atoms with E-state index in [4.69, 9.17) is 10.5 Å². The van der Waals surface area contributed by atoms with E-state index in [0.29, 0.717) is 11.4 Å². The number of rotatable bonds is 3. The van der Waals surface area contributed by atoms with Gasteiger partial charge in [0.2, 0.25) is 11.8 Å². The molecule has 4 N–H and O–H groups in total. The fraction of sp³-hybridized carbons (Fsp3) is 0.136. The largest absolute Gasteiger partial charge is 0.497 e. The molecular weight excluding hydrogens is 370 g/mol. The number of carbonyl (C=O) groups excluding carboxylic acids is 3. The summed E-state index contributed by atoms with van der Waals surface area (Å²) in [5.41, 5.74) is 7.34. The van der Waals surface area contributed by atoms with Crippen LogP contribution >= 0.6 is 0 Å². The Balaban J connectivity index is 1.95. The molecular formula is C22H19N3O4. The van der Waals surface area contributed by atoms with E-state index >= 15 is 0 Å². The molecule has 1 heterocycles. The lowest BCUT2D eigenvalue weighted by atomic mass is 9.75. The number of primary amides is 1. The van der Waals surface area contributed by atoms with E-state index in [-0.39, 0.29) is 0 Å². The molecule has 2 atom stereocenters. The lowest BCUT2D eigenvalue weighted by Gasteiger charge is -2.33. The molecule has 3 aromatic rings. The Hall–Kier alpha value is -3.87. The summed E-state index contributed by atoms with van der Waals surface area (Å²) in [7, 11) is 1.56. The van der Waals surface area contributed by atoms with Gasteiger partial charge in [-0.05, 0) is 40.1 Å². The molecule has 0 aliphatic carbocycles. The van der Waals surface area contributed by atoms with Crippen LogP contribution in [0.3, 0.4) is 0 Å². The molecule has 0 radical (unpaired) electrons. The molecule has 4 amide bonds. The van der Waals surface area contributed by atoms with E-state index in [1.807, 2.05) is 48.5 Å². The van der Waals surface area contributed by atoms with Gasteiger partial charge < -0.3 is 15.8 Å². The number of fused-ring (bicyclic) bond motifs is 3. The van der Waals surface area contributed by atoms with E-state index in [0.717, 1.165) is 21.9 Å². The molecule has 0 saturated heterocycles. The smallest absolute Gasteiger partial charge is 0.318 e. The van der Waals surface area contributed by atoms with Crippen molar-refractivity contribution in [2.24, 2.45) is 11.7 Å². The predicted octanol–water partition coefficient (Wildman–Crippen LogP) is 2.74. The summed E-state index contributed by atoms with van der Waals surface area (Å²) >= 11 is 0. The molecule has 146 valence electrons. The number of anilines is 1. The van der Waals surface area contributed by atoms with Gasteiger partial charge in [-0.1, -0.05) is 42.5 Å². The van der Waals surface area contributed by atoms with E-state index in [9.17, 15) is 14.4 Å². The van der Waals surface area contributed by atoms with Crippen LogP contribution < -0.4 is 21.1 Å². The third-order valence-corrected chi connectivity index (χ3v) is 5.16. The molecule has 0 spiro atoms. The summed E-state index contributed by atoms with van der Waals surface area (Å²) in [6.45, 7) is 0. The number of imide groups is 1. The molecule has 29 heavy (non-hydrogen) atoms. The first-order valence-electron chi connectivity index (χ1n) is 9.06. The van der Waals surface area contributed by atoms with E-state index < -0.39 is 29.7 Å². The second-order valence-corrected chi connectivity index (χ2v) is 6.82. The highest BCUT2D eigenvalue weighted by Crippen LogP contribution is 2.44. The molecule has 0 saturated carbocycles. The summed E-state index contributed by atoms with van der Waals surface area (Å²) in [6, 6.07) is 17.7. The van der Waals surface area contributed by atoms with Crippen molar-refractivity contribution < 1.29 is 19.1 Å². The van der Waals surface area contributed by atoms with E-state index in [2.05, 4.69) is 10.6 Å². The minimum atomic E-state index is -1.16. The average Bonchev–Trinajstić information content (AvgIpc) is 2.72. The number of nitrogens with one attached hydrogen (secondary N) is 2. The maximum absolute atomic E-state index is 12.9. The van der Waals surface area contributed by atoms with Crippen molar-refractivity contribution in [3.05, 3.63) is 71.8 Å². The monoisotopic (exact) mass is 389 g/mol. The normalized spacial score (nSPS) is 17.9. The van der Waals surface area contributed by atoms with Crippen LogP contribution in [0.1, 0.15) is 17.0 Å². The number of ether oxygens (including phenoxy) is 1. The molecule has 0 bridgehead atoms. The van der Waals surface area contributed by atoms with Crippen molar-refractivity contribution in [2.75, 3.05) is 12.4 Å². The van der Waals surface area contributed by atoms with Crippen molar-refractivity contribution in [2.45, 2.75) is 5.92 Å². The highest BCUT2D eigenvalue weighted by atomic mass is 16.5. The van der Waals surface area contributed by atoms with Crippen molar-refractivity contribution in [1.29, 1.82) is 0 Å². The molecule has 1 aliphatic heterocycles. The first-order chi connectivity index (χ1) is 14.0. The fourth-order valence-electron chi connectivity index (χ4n) is 3.91. The molecule has 0 aromatic heterocycles. The summed E-state index contributed by atoms with van der Waals surface area (Å²) in [6.07, 6.45) is 0. The lowest BCUT2D eigenvalue weighted by molar-refractivity contribution is -0.132. The lowest BCUT2D eigenvalue weighted by Crippen LogP contribution is -2.47. The first-order valence-corrected chi connectivity index (χ1v) is 9.06. The van der Waals surface area contributed by atoms with Crippen molar-refractivity contribution in [1.82, 2.24) is 5.32 Å². The van der Waals surface area contributed by atoms with Crippen molar-refractivity contribution >= 4 is 34.3 Å². The van der Waals surface area contributed by atoms with Crippen LogP contribution in [-0.2, 0) is 9.59 Å². The number of amides is 4. The number of urea groups is 1. The zero-order chi connectivity index (χ0) is 20.5. The maximum atomic E-state index is 12.9. The highest BCUT2D eigenvalue weighted by Gasteiger charge is 2.42. The van der Waals surface area contributed by atoms with Crippen LogP contribution in [0.2, 0.25) is 0 Å². The Morgan fingerprint density at radius 3 is 2.45 bits per heavy atom. The van der Waals surface area contributed by atoms with E-state index in [1.54, 1.807) is 19.2 Å². The minimum Gasteiger partial charge on any atom is -0.497 e. The summed E-state index contributed by atoms with van der Waals surface area (Å²) in [5, 5.41) is 6.76. The zero-order valence-corrected chi connectivity index (χ0v) is 15.6. The molecule has 7 nitrogen and oxygen atoms in total. The van der Waals surface area contributed by atoms with Crippen LogP contribution in [0.5, 0.6) is 5.75 Å². The SMILES string of the molecule is COc1ccc(C2c3c(ccc4ccccc34)NC(=O)C2C(=O)NC(N)=O)cc1. The van der Waals surface area contributed by atoms with Gasteiger partial charge in [-0.2, -0.15) is 0 Å². The predicted molar refractivity (Wildman–Crippen MR) is 109 cm³/mol. The van der Waals surface area contributed by atoms with Crippen LogP contribution in [-0.4, -0.2) is 25.0 Å². The van der Waals surface area contributed by atoms with Gasteiger partial charge in [0.25, 0.3) is 0 Å². The van der Waals surface area contributed by atoms with Crippen LogP contribution in [0.25, 0.3) is 10.8 Å². The standard InChI is InChI=1S/C22H19N3O4/c1-29-14-9-6-13(7-10-14)17-18-15-5-3-2-4-12(15)8-11-16(18)24-20(26)19(17)21(27)25-22(23)28/h2-11,17,19H,1H3,(H,24,26)(H3,23,25,27,28). The third-order valence-electron chi connectivity index (χ3n) is 5.16. The van der Waals surface area contributed by atoms with Gasteiger partial charge in [0, 0.05) is 11.6 Å². The summed E-state index contributed by atoms with van der Waals surface area (Å²) in [5.74, 6) is -2.34. The first kappa shape index (κ1) is 18.5. The Morgan fingerprint density at radius 2 is 1.76 bits per heavy atom. The third kappa shape index (κ3) is 3.27. The van der Waals surface area contributed by atoms with Crippen LogP contribution in [0.4, 0.5) is 10.5 Å². The van der Waals surface area contributed by atoms with Gasteiger partial charge in [0.1, 0.15) is 11.7 Å². The number of hydrogen-bond donors (Lipinski definition) is 3. The molecule has 4 rings (SSSR count). The fourth-order valence-corrected chi connectivity index (χ4v) is 3.91. The topological polar surface area (TPSA) is 111 Å². The number of carbonyl (C=O) groups is 3. The zero-order valence-electron chi connectivity index (χ0n) is 15.6. The van der Waals surface area contributed by atoms with Gasteiger partial charge in [-0.3, -0.25) is 14.9 Å². The van der Waals surface area contributed by atoms with Gasteiger partial charge >= 0.3 is 6.03 Å². The van der Waals surface area contributed by atoms with E-state index in [1.165, 1.54) is 0 Å². The van der Waals surface area contributed by atoms with Gasteiger partial charge in [-0.25, -0.2) is 4.79 Å². The highest BCUT2D eigenvalue weighted by molar-refractivity contribution is 6.14. The Morgan fingerprint density at radius 1 is 1.03 bits per heavy atom. The average molecular weight is 389 g/mol. The molecule has 3 aromatic carbocycles. The second-order valence-electron chi connectivity index (χ2n) is 6.82. The number of methoxy groups -OCH3 is 1. The second kappa shape index (κ2) is 7.27. The molecule has 0 fully saturated rings. The Kier molecular flexibility index (Phi) is 4.64. The Labute approximate surface area is 166 Å². The minimum absolute atomic E-state index is 0.493. The Bertz CT molecular complexity index is 1120. The molecule has 1 aliphatic rings.